The molecule has 0 unspecified atom stereocenters. The van der Waals surface area contributed by atoms with E-state index in [9.17, 15) is 13.7 Å². The van der Waals surface area contributed by atoms with Gasteiger partial charge < -0.3 is 4.57 Å². The van der Waals surface area contributed by atoms with Gasteiger partial charge in [-0.05, 0) is 71.1 Å². The number of nitriles is 1. The van der Waals surface area contributed by atoms with Gasteiger partial charge in [-0.15, -0.1) is 0 Å². The highest BCUT2D eigenvalue weighted by Gasteiger charge is 2.14. The van der Waals surface area contributed by atoms with Crippen LogP contribution in [0.4, 0.5) is 0 Å². The summed E-state index contributed by atoms with van der Waals surface area (Å²) in [6.07, 6.45) is 1.18. The Hall–Kier alpha value is -1.85. The van der Waals surface area contributed by atoms with Gasteiger partial charge in [0.15, 0.2) is 9.84 Å². The van der Waals surface area contributed by atoms with E-state index in [1.165, 1.54) is 6.26 Å². The minimum Gasteiger partial charge on any atom is -0.301 e. The van der Waals surface area contributed by atoms with Gasteiger partial charge in [0.25, 0.3) is 0 Å². The molecule has 3 aromatic rings. The Kier molecular flexibility index (Phi) is 3.70. The van der Waals surface area contributed by atoms with E-state index in [1.807, 2.05) is 28.8 Å². The number of benzene rings is 2. The number of halogens is 1. The Morgan fingerprint density at radius 1 is 1.09 bits per heavy atom. The molecule has 0 aliphatic heterocycles. The van der Waals surface area contributed by atoms with Gasteiger partial charge in [-0.25, -0.2) is 8.42 Å². The van der Waals surface area contributed by atoms with Crippen molar-refractivity contribution < 1.29 is 8.42 Å². The maximum Gasteiger partial charge on any atom is 0.175 e. The molecule has 0 amide bonds. The van der Waals surface area contributed by atoms with Gasteiger partial charge in [-0.1, -0.05) is 0 Å². The van der Waals surface area contributed by atoms with E-state index in [2.05, 4.69) is 28.7 Å². The fourth-order valence-electron chi connectivity index (χ4n) is 2.37. The van der Waals surface area contributed by atoms with Crippen molar-refractivity contribution in [1.82, 2.24) is 4.57 Å². The second-order valence-corrected chi connectivity index (χ2v) is 8.21. The summed E-state index contributed by atoms with van der Waals surface area (Å²) in [6.45, 7) is 0. The minimum absolute atomic E-state index is 0.254. The molecule has 0 aliphatic carbocycles. The summed E-state index contributed by atoms with van der Waals surface area (Å²) in [4.78, 5) is 0.254. The summed E-state index contributed by atoms with van der Waals surface area (Å²) in [5, 5.41) is 10.1. The number of aromatic nitrogens is 1. The first-order valence-corrected chi connectivity index (χ1v) is 9.39. The molecule has 3 rings (SSSR count). The average molecular weight is 422 g/mol. The lowest BCUT2D eigenvalue weighted by Gasteiger charge is -2.07. The predicted octanol–water partition coefficient (Wildman–Crippen LogP) is 3.51. The second-order valence-electron chi connectivity index (χ2n) is 4.95. The maximum atomic E-state index is 11.7. The van der Waals surface area contributed by atoms with Crippen molar-refractivity contribution in [2.75, 3.05) is 6.26 Å². The van der Waals surface area contributed by atoms with Crippen LogP contribution in [0.15, 0.2) is 53.4 Å². The third-order valence-corrected chi connectivity index (χ3v) is 5.23. The van der Waals surface area contributed by atoms with Gasteiger partial charge in [0.2, 0.25) is 0 Å². The number of nitrogens with zero attached hydrogens (tertiary/aromatic N) is 2. The van der Waals surface area contributed by atoms with Crippen molar-refractivity contribution in [2.24, 2.45) is 0 Å². The fourth-order valence-corrected chi connectivity index (χ4v) is 3.39. The summed E-state index contributed by atoms with van der Waals surface area (Å²) in [7, 11) is -3.27. The van der Waals surface area contributed by atoms with Crippen molar-refractivity contribution in [3.8, 4) is 11.8 Å². The van der Waals surface area contributed by atoms with Crippen molar-refractivity contribution in [1.29, 1.82) is 5.26 Å². The molecular weight excluding hydrogens is 411 g/mol. The van der Waals surface area contributed by atoms with Gasteiger partial charge in [0, 0.05) is 20.9 Å². The Bertz CT molecular complexity index is 1010. The van der Waals surface area contributed by atoms with Crippen molar-refractivity contribution in [2.45, 2.75) is 4.90 Å². The highest BCUT2D eigenvalue weighted by Crippen LogP contribution is 2.27. The van der Waals surface area contributed by atoms with Crippen LogP contribution in [0.2, 0.25) is 0 Å². The zero-order valence-corrected chi connectivity index (χ0v) is 14.6. The van der Waals surface area contributed by atoms with Crippen LogP contribution in [-0.2, 0) is 9.84 Å². The molecule has 0 atom stereocenters. The molecule has 0 radical (unpaired) electrons. The smallest absolute Gasteiger partial charge is 0.175 e. The lowest BCUT2D eigenvalue weighted by Crippen LogP contribution is -1.98. The Labute approximate surface area is 142 Å². The molecule has 0 saturated carbocycles. The number of sulfone groups is 1. The van der Waals surface area contributed by atoms with E-state index in [-0.39, 0.29) is 4.90 Å². The van der Waals surface area contributed by atoms with Crippen LogP contribution in [0, 0.1) is 14.9 Å². The van der Waals surface area contributed by atoms with Crippen LogP contribution in [-0.4, -0.2) is 19.2 Å². The molecule has 0 bridgehead atoms. The standard InChI is InChI=1S/C16H11IN2O2S/c1-22(20,21)15-6-7-16-11(9-15)8-14(10-18)19(16)13-4-2-12(17)3-5-13/h2-9H,1H3. The van der Waals surface area contributed by atoms with E-state index in [0.29, 0.717) is 5.69 Å². The Morgan fingerprint density at radius 2 is 1.77 bits per heavy atom. The van der Waals surface area contributed by atoms with E-state index in [4.69, 9.17) is 0 Å². The van der Waals surface area contributed by atoms with Gasteiger partial charge in [-0.2, -0.15) is 5.26 Å². The topological polar surface area (TPSA) is 62.9 Å². The predicted molar refractivity (Wildman–Crippen MR) is 93.8 cm³/mol. The summed E-state index contributed by atoms with van der Waals surface area (Å²) >= 11 is 2.22. The normalized spacial score (nSPS) is 11.5. The molecule has 110 valence electrons. The van der Waals surface area contributed by atoms with E-state index >= 15 is 0 Å². The van der Waals surface area contributed by atoms with Gasteiger partial charge in [0.05, 0.1) is 10.4 Å². The molecule has 1 heterocycles. The molecule has 2 aromatic carbocycles. The van der Waals surface area contributed by atoms with Crippen LogP contribution in [0.1, 0.15) is 5.69 Å². The highest BCUT2D eigenvalue weighted by atomic mass is 127. The molecule has 0 N–H and O–H groups in total. The van der Waals surface area contributed by atoms with Crippen LogP contribution in [0.3, 0.4) is 0 Å². The summed E-state index contributed by atoms with van der Waals surface area (Å²) in [5.74, 6) is 0. The van der Waals surface area contributed by atoms with E-state index < -0.39 is 9.84 Å². The first-order chi connectivity index (χ1) is 10.4. The van der Waals surface area contributed by atoms with E-state index in [0.717, 1.165) is 20.2 Å². The van der Waals surface area contributed by atoms with Crippen molar-refractivity contribution in [3.63, 3.8) is 0 Å². The molecule has 4 nitrogen and oxygen atoms in total. The third-order valence-electron chi connectivity index (χ3n) is 3.40. The largest absolute Gasteiger partial charge is 0.301 e. The first kappa shape index (κ1) is 15.1. The molecule has 22 heavy (non-hydrogen) atoms. The SMILES string of the molecule is CS(=O)(=O)c1ccc2c(c1)cc(C#N)n2-c1ccc(I)cc1. The molecule has 0 spiro atoms. The Morgan fingerprint density at radius 3 is 2.36 bits per heavy atom. The quantitative estimate of drug-likeness (QED) is 0.594. The number of fused-ring (bicyclic) bond motifs is 1. The van der Waals surface area contributed by atoms with Gasteiger partial charge in [-0.3, -0.25) is 0 Å². The van der Waals surface area contributed by atoms with Crippen LogP contribution >= 0.6 is 22.6 Å². The minimum atomic E-state index is -3.27. The maximum absolute atomic E-state index is 11.7. The monoisotopic (exact) mass is 422 g/mol. The lowest BCUT2D eigenvalue weighted by molar-refractivity contribution is 0.602. The third kappa shape index (κ3) is 2.62. The average Bonchev–Trinajstić information content (AvgIpc) is 2.85. The summed E-state index contributed by atoms with van der Waals surface area (Å²) in [6, 6.07) is 16.6. The zero-order chi connectivity index (χ0) is 15.9. The number of hydrogen-bond donors (Lipinski definition) is 0. The first-order valence-electron chi connectivity index (χ1n) is 6.42. The summed E-state index contributed by atoms with van der Waals surface area (Å²) < 4.78 is 26.3. The van der Waals surface area contributed by atoms with Crippen LogP contribution in [0.25, 0.3) is 16.6 Å². The van der Waals surface area contributed by atoms with Gasteiger partial charge >= 0.3 is 0 Å². The van der Waals surface area contributed by atoms with Crippen LogP contribution < -0.4 is 0 Å². The lowest BCUT2D eigenvalue weighted by atomic mass is 10.2. The molecular formula is C16H11IN2O2S. The van der Waals surface area contributed by atoms with E-state index in [1.54, 1.807) is 24.3 Å². The highest BCUT2D eigenvalue weighted by molar-refractivity contribution is 14.1. The molecule has 6 heteroatoms. The molecule has 0 fully saturated rings. The molecule has 0 saturated heterocycles. The van der Waals surface area contributed by atoms with Gasteiger partial charge in [0.1, 0.15) is 11.8 Å². The van der Waals surface area contributed by atoms with Crippen molar-refractivity contribution >= 4 is 43.3 Å². The van der Waals surface area contributed by atoms with Crippen molar-refractivity contribution in [3.05, 3.63) is 57.8 Å². The number of rotatable bonds is 2. The molecule has 0 aliphatic rings. The number of hydrogen-bond acceptors (Lipinski definition) is 3. The zero-order valence-electron chi connectivity index (χ0n) is 11.6. The van der Waals surface area contributed by atoms with Crippen LogP contribution in [0.5, 0.6) is 0 Å². The second kappa shape index (κ2) is 5.41. The Balaban J connectivity index is 2.30. The molecule has 1 aromatic heterocycles. The summed E-state index contributed by atoms with van der Waals surface area (Å²) in [5.41, 5.74) is 2.16. The fraction of sp³-hybridized carbons (Fsp3) is 0.0625.